The second-order valence-corrected chi connectivity index (χ2v) is 5.80. The largest absolute Gasteiger partial charge is 0.381 e. The van der Waals surface area contributed by atoms with E-state index in [1.807, 2.05) is 12.1 Å². The third kappa shape index (κ3) is 3.73. The van der Waals surface area contributed by atoms with E-state index in [9.17, 15) is 4.79 Å². The molecule has 0 unspecified atom stereocenters. The van der Waals surface area contributed by atoms with Crippen molar-refractivity contribution in [1.29, 1.82) is 0 Å². The van der Waals surface area contributed by atoms with Gasteiger partial charge in [-0.05, 0) is 52.9 Å². The maximum absolute atomic E-state index is 12.1. The first-order chi connectivity index (χ1) is 8.66. The minimum atomic E-state index is -0.0516. The van der Waals surface area contributed by atoms with E-state index >= 15 is 0 Å². The Hall–Kier alpha value is -0.520. The van der Waals surface area contributed by atoms with Crippen molar-refractivity contribution in [3.05, 3.63) is 28.2 Å². The van der Waals surface area contributed by atoms with Gasteiger partial charge in [-0.1, -0.05) is 0 Å². The molecule has 0 aliphatic carbocycles. The van der Waals surface area contributed by atoms with Crippen LogP contribution in [-0.4, -0.2) is 25.7 Å². The molecule has 0 bridgehead atoms. The monoisotopic (exact) mass is 329 g/mol. The highest BCUT2D eigenvalue weighted by Crippen LogP contribution is 2.20. The minimum absolute atomic E-state index is 0.0516. The molecule has 1 N–H and O–H groups in total. The molecule has 98 valence electrons. The number of carbonyl (C=O) groups excluding carboxylic acids is 1. The van der Waals surface area contributed by atoms with Gasteiger partial charge in [0.05, 0.1) is 5.56 Å². The number of amides is 1. The molecule has 0 radical (unpaired) electrons. The summed E-state index contributed by atoms with van der Waals surface area (Å²) in [6.45, 7) is 2.32. The van der Waals surface area contributed by atoms with Gasteiger partial charge >= 0.3 is 0 Å². The molecule has 1 heterocycles. The SMILES string of the molecule is O=C(NCC1CCOCC1)c1cc(S)ccc1Br. The Kier molecular flexibility index (Phi) is 5.09. The second kappa shape index (κ2) is 6.59. The van der Waals surface area contributed by atoms with Gasteiger partial charge in [-0.25, -0.2) is 0 Å². The molecule has 1 aliphatic heterocycles. The lowest BCUT2D eigenvalue weighted by molar-refractivity contribution is 0.0642. The van der Waals surface area contributed by atoms with Crippen LogP contribution in [0.2, 0.25) is 0 Å². The van der Waals surface area contributed by atoms with Crippen LogP contribution in [-0.2, 0) is 4.74 Å². The number of ether oxygens (including phenoxy) is 1. The van der Waals surface area contributed by atoms with Crippen LogP contribution in [0.4, 0.5) is 0 Å². The summed E-state index contributed by atoms with van der Waals surface area (Å²) in [6, 6.07) is 5.46. The number of hydrogen-bond donors (Lipinski definition) is 2. The summed E-state index contributed by atoms with van der Waals surface area (Å²) in [5, 5.41) is 2.98. The van der Waals surface area contributed by atoms with E-state index in [2.05, 4.69) is 33.9 Å². The zero-order valence-electron chi connectivity index (χ0n) is 9.99. The molecule has 3 nitrogen and oxygen atoms in total. The van der Waals surface area contributed by atoms with Crippen LogP contribution in [0.3, 0.4) is 0 Å². The standard InChI is InChI=1S/C13H16BrNO2S/c14-12-2-1-10(18)7-11(12)13(16)15-8-9-3-5-17-6-4-9/h1-2,7,9,18H,3-6,8H2,(H,15,16). The molecule has 18 heavy (non-hydrogen) atoms. The molecular formula is C13H16BrNO2S. The molecular weight excluding hydrogens is 314 g/mol. The highest BCUT2D eigenvalue weighted by molar-refractivity contribution is 9.10. The van der Waals surface area contributed by atoms with Gasteiger partial charge in [-0.2, -0.15) is 0 Å². The Morgan fingerprint density at radius 3 is 2.89 bits per heavy atom. The van der Waals surface area contributed by atoms with Gasteiger partial charge in [-0.15, -0.1) is 12.6 Å². The highest BCUT2D eigenvalue weighted by atomic mass is 79.9. The van der Waals surface area contributed by atoms with Crippen molar-refractivity contribution in [3.63, 3.8) is 0 Å². The average Bonchev–Trinajstić information content (AvgIpc) is 2.40. The summed E-state index contributed by atoms with van der Waals surface area (Å²) in [5.74, 6) is 0.477. The molecule has 1 aromatic carbocycles. The van der Waals surface area contributed by atoms with Crippen LogP contribution in [0.15, 0.2) is 27.6 Å². The molecule has 1 aliphatic rings. The average molecular weight is 330 g/mol. The van der Waals surface area contributed by atoms with Crippen molar-refractivity contribution >= 4 is 34.5 Å². The number of benzene rings is 1. The Morgan fingerprint density at radius 1 is 1.44 bits per heavy atom. The Morgan fingerprint density at radius 2 is 2.17 bits per heavy atom. The lowest BCUT2D eigenvalue weighted by Crippen LogP contribution is -2.32. The van der Waals surface area contributed by atoms with E-state index < -0.39 is 0 Å². The number of carbonyl (C=O) groups is 1. The van der Waals surface area contributed by atoms with Crippen molar-refractivity contribution in [2.45, 2.75) is 17.7 Å². The fourth-order valence-corrected chi connectivity index (χ4v) is 2.60. The molecule has 1 amide bonds. The van der Waals surface area contributed by atoms with Crippen molar-refractivity contribution < 1.29 is 9.53 Å². The molecule has 5 heteroatoms. The van der Waals surface area contributed by atoms with E-state index in [1.54, 1.807) is 6.07 Å². The van der Waals surface area contributed by atoms with Crippen molar-refractivity contribution in [1.82, 2.24) is 5.32 Å². The molecule has 1 aromatic rings. The maximum Gasteiger partial charge on any atom is 0.252 e. The Bertz CT molecular complexity index is 433. The number of hydrogen-bond acceptors (Lipinski definition) is 3. The zero-order chi connectivity index (χ0) is 13.0. The van der Waals surface area contributed by atoms with E-state index in [0.29, 0.717) is 18.0 Å². The lowest BCUT2D eigenvalue weighted by atomic mass is 10.0. The van der Waals surface area contributed by atoms with Crippen LogP contribution in [0.5, 0.6) is 0 Å². The number of thiol groups is 1. The first kappa shape index (κ1) is 13.9. The maximum atomic E-state index is 12.1. The van der Waals surface area contributed by atoms with Gasteiger partial charge in [0.2, 0.25) is 0 Å². The Balaban J connectivity index is 1.92. The summed E-state index contributed by atoms with van der Waals surface area (Å²) in [4.78, 5) is 12.8. The van der Waals surface area contributed by atoms with Gasteiger partial charge in [0, 0.05) is 29.1 Å². The van der Waals surface area contributed by atoms with Crippen LogP contribution < -0.4 is 5.32 Å². The zero-order valence-corrected chi connectivity index (χ0v) is 12.5. The van der Waals surface area contributed by atoms with Gasteiger partial charge < -0.3 is 10.1 Å². The van der Waals surface area contributed by atoms with E-state index in [4.69, 9.17) is 4.74 Å². The summed E-state index contributed by atoms with van der Waals surface area (Å²) in [7, 11) is 0. The van der Waals surface area contributed by atoms with Crippen molar-refractivity contribution in [3.8, 4) is 0 Å². The van der Waals surface area contributed by atoms with Crippen LogP contribution in [0, 0.1) is 5.92 Å². The fraction of sp³-hybridized carbons (Fsp3) is 0.462. The lowest BCUT2D eigenvalue weighted by Gasteiger charge is -2.22. The van der Waals surface area contributed by atoms with Crippen molar-refractivity contribution in [2.24, 2.45) is 5.92 Å². The molecule has 0 spiro atoms. The molecule has 1 fully saturated rings. The van der Waals surface area contributed by atoms with Crippen LogP contribution >= 0.6 is 28.6 Å². The van der Waals surface area contributed by atoms with Gasteiger partial charge in [0.1, 0.15) is 0 Å². The minimum Gasteiger partial charge on any atom is -0.381 e. The molecule has 0 aromatic heterocycles. The van der Waals surface area contributed by atoms with Crippen LogP contribution in [0.1, 0.15) is 23.2 Å². The van der Waals surface area contributed by atoms with Gasteiger partial charge in [0.15, 0.2) is 0 Å². The quantitative estimate of drug-likeness (QED) is 0.837. The van der Waals surface area contributed by atoms with Crippen LogP contribution in [0.25, 0.3) is 0 Å². The molecule has 0 saturated carbocycles. The fourth-order valence-electron chi connectivity index (χ4n) is 1.97. The van der Waals surface area contributed by atoms with Crippen molar-refractivity contribution in [2.75, 3.05) is 19.8 Å². The summed E-state index contributed by atoms with van der Waals surface area (Å²) < 4.78 is 6.09. The third-order valence-electron chi connectivity index (χ3n) is 3.09. The Labute approximate surface area is 121 Å². The number of halogens is 1. The molecule has 0 atom stereocenters. The first-order valence-electron chi connectivity index (χ1n) is 6.01. The first-order valence-corrected chi connectivity index (χ1v) is 7.25. The normalized spacial score (nSPS) is 16.6. The topological polar surface area (TPSA) is 38.3 Å². The van der Waals surface area contributed by atoms with Gasteiger partial charge in [-0.3, -0.25) is 4.79 Å². The third-order valence-corrected chi connectivity index (χ3v) is 4.06. The van der Waals surface area contributed by atoms with E-state index in [1.165, 1.54) is 0 Å². The summed E-state index contributed by atoms with van der Waals surface area (Å²) in [5.41, 5.74) is 0.634. The summed E-state index contributed by atoms with van der Waals surface area (Å²) in [6.07, 6.45) is 2.04. The predicted octanol–water partition coefficient (Wildman–Crippen LogP) is 2.89. The summed E-state index contributed by atoms with van der Waals surface area (Å²) >= 11 is 7.63. The molecule has 1 saturated heterocycles. The highest BCUT2D eigenvalue weighted by Gasteiger charge is 2.16. The smallest absolute Gasteiger partial charge is 0.252 e. The predicted molar refractivity (Wildman–Crippen MR) is 77.3 cm³/mol. The number of nitrogens with one attached hydrogen (secondary N) is 1. The van der Waals surface area contributed by atoms with Gasteiger partial charge in [0.25, 0.3) is 5.91 Å². The second-order valence-electron chi connectivity index (χ2n) is 4.43. The van der Waals surface area contributed by atoms with E-state index in [-0.39, 0.29) is 5.91 Å². The number of rotatable bonds is 3. The molecule has 2 rings (SSSR count). The van der Waals surface area contributed by atoms with E-state index in [0.717, 1.165) is 35.4 Å².